The Morgan fingerprint density at radius 3 is 2.36 bits per heavy atom. The van der Waals surface area contributed by atoms with Gasteiger partial charge >= 0.3 is 0 Å². The van der Waals surface area contributed by atoms with E-state index in [0.29, 0.717) is 0 Å². The van der Waals surface area contributed by atoms with Crippen LogP contribution in [0.25, 0.3) is 0 Å². The normalized spacial score (nSPS) is 27.2. The van der Waals surface area contributed by atoms with Crippen molar-refractivity contribution < 1.29 is 27.2 Å². The second-order valence-electron chi connectivity index (χ2n) is 8.03. The third-order valence-corrected chi connectivity index (χ3v) is 6.04. The van der Waals surface area contributed by atoms with Gasteiger partial charge in [-0.25, -0.2) is 17.6 Å². The highest BCUT2D eigenvalue weighted by atomic mass is 19.3. The van der Waals surface area contributed by atoms with Gasteiger partial charge in [0.1, 0.15) is 0 Å². The van der Waals surface area contributed by atoms with Gasteiger partial charge < -0.3 is 5.32 Å². The Morgan fingerprint density at radius 2 is 1.71 bits per heavy atom. The van der Waals surface area contributed by atoms with E-state index in [-0.39, 0.29) is 67.4 Å². The van der Waals surface area contributed by atoms with Crippen LogP contribution in [0.5, 0.6) is 0 Å². The molecule has 2 atom stereocenters. The minimum Gasteiger partial charge on any atom is -0.325 e. The average Bonchev–Trinajstić information content (AvgIpc) is 2.62. The maximum Gasteiger partial charge on any atom is 0.248 e. The second kappa shape index (κ2) is 7.79. The number of carbonyl (C=O) groups is 2. The number of halogens is 4. The smallest absolute Gasteiger partial charge is 0.248 e. The summed E-state index contributed by atoms with van der Waals surface area (Å²) in [4.78, 5) is 28.5. The quantitative estimate of drug-likeness (QED) is 0.565. The Morgan fingerprint density at radius 1 is 1.07 bits per heavy atom. The molecule has 0 aliphatic heterocycles. The van der Waals surface area contributed by atoms with E-state index in [4.69, 9.17) is 0 Å². The van der Waals surface area contributed by atoms with E-state index in [1.807, 2.05) is 0 Å². The van der Waals surface area contributed by atoms with Crippen molar-refractivity contribution in [1.82, 2.24) is 4.98 Å². The highest BCUT2D eigenvalue weighted by Gasteiger charge is 2.48. The van der Waals surface area contributed by atoms with Gasteiger partial charge in [-0.15, -0.1) is 0 Å². The van der Waals surface area contributed by atoms with Gasteiger partial charge in [-0.2, -0.15) is 0 Å². The van der Waals surface area contributed by atoms with Crippen LogP contribution in [-0.2, 0) is 4.79 Å². The van der Waals surface area contributed by atoms with E-state index in [1.54, 1.807) is 0 Å². The predicted molar refractivity (Wildman–Crippen MR) is 95.6 cm³/mol. The molecule has 1 amide bonds. The highest BCUT2D eigenvalue weighted by molar-refractivity contribution is 6.03. The molecule has 2 aliphatic rings. The Balaban J connectivity index is 1.79. The number of pyridine rings is 1. The summed E-state index contributed by atoms with van der Waals surface area (Å²) in [5.41, 5.74) is 0.433. The molecule has 1 N–H and O–H groups in total. The number of hydrogen-bond donors (Lipinski definition) is 1. The largest absolute Gasteiger partial charge is 0.325 e. The Hall–Kier alpha value is -1.99. The van der Waals surface area contributed by atoms with Gasteiger partial charge in [-0.1, -0.05) is 0 Å². The lowest BCUT2D eigenvalue weighted by Gasteiger charge is -2.42. The summed E-state index contributed by atoms with van der Waals surface area (Å²) in [6.45, 7) is 1.33. The number of hydrogen-bond acceptors (Lipinski definition) is 3. The van der Waals surface area contributed by atoms with Crippen molar-refractivity contribution in [3.63, 3.8) is 0 Å². The molecule has 0 saturated heterocycles. The van der Waals surface area contributed by atoms with Gasteiger partial charge in [0.2, 0.25) is 17.8 Å². The molecule has 0 spiro atoms. The Labute approximate surface area is 161 Å². The number of aromatic nitrogens is 1. The lowest BCUT2D eigenvalue weighted by Crippen LogP contribution is -2.43. The SMILES string of the molecule is CC(=O)c1cnccc1NC(=O)C1CC(F)(F)CCC1C1CCC(F)(F)CC1. The summed E-state index contributed by atoms with van der Waals surface area (Å²) in [5.74, 6) is -8.07. The van der Waals surface area contributed by atoms with Gasteiger partial charge in [-0.3, -0.25) is 14.6 Å². The molecule has 3 rings (SSSR count). The van der Waals surface area contributed by atoms with E-state index in [2.05, 4.69) is 10.3 Å². The molecular formula is C20H24F4N2O2. The van der Waals surface area contributed by atoms with Crippen LogP contribution in [-0.4, -0.2) is 28.5 Å². The summed E-state index contributed by atoms with van der Waals surface area (Å²) in [6, 6.07) is 1.45. The number of nitrogens with zero attached hydrogens (tertiary/aromatic N) is 1. The number of Topliss-reactive ketones (excluding diaryl/α,β-unsaturated/α-hetero) is 1. The topological polar surface area (TPSA) is 59.1 Å². The first kappa shape index (κ1) is 20.7. The highest BCUT2D eigenvalue weighted by Crippen LogP contribution is 2.49. The number of anilines is 1. The van der Waals surface area contributed by atoms with Crippen LogP contribution in [0.3, 0.4) is 0 Å². The molecule has 0 radical (unpaired) electrons. The fourth-order valence-electron chi connectivity index (χ4n) is 4.51. The van der Waals surface area contributed by atoms with Gasteiger partial charge in [0.05, 0.1) is 11.3 Å². The van der Waals surface area contributed by atoms with Gasteiger partial charge in [0.25, 0.3) is 0 Å². The zero-order chi connectivity index (χ0) is 20.5. The molecule has 0 aromatic carbocycles. The van der Waals surface area contributed by atoms with Crippen LogP contribution in [0, 0.1) is 17.8 Å². The van der Waals surface area contributed by atoms with Gasteiger partial charge in [0, 0.05) is 44.0 Å². The average molecular weight is 400 g/mol. The van der Waals surface area contributed by atoms with E-state index >= 15 is 0 Å². The number of ketones is 1. The van der Waals surface area contributed by atoms with Crippen LogP contribution < -0.4 is 5.32 Å². The maximum absolute atomic E-state index is 14.1. The van der Waals surface area contributed by atoms with E-state index in [1.165, 1.54) is 25.4 Å². The first-order chi connectivity index (χ1) is 13.1. The first-order valence-electron chi connectivity index (χ1n) is 9.59. The number of rotatable bonds is 4. The third-order valence-electron chi connectivity index (χ3n) is 6.04. The molecule has 2 fully saturated rings. The fraction of sp³-hybridized carbons (Fsp3) is 0.650. The molecule has 1 heterocycles. The minimum atomic E-state index is -2.96. The minimum absolute atomic E-state index is 0.136. The molecule has 4 nitrogen and oxygen atoms in total. The van der Waals surface area contributed by atoms with Crippen molar-refractivity contribution in [3.05, 3.63) is 24.0 Å². The molecule has 2 aliphatic carbocycles. The molecule has 1 aromatic heterocycles. The first-order valence-corrected chi connectivity index (χ1v) is 9.59. The van der Waals surface area contributed by atoms with Crippen molar-refractivity contribution in [2.45, 2.75) is 63.7 Å². The predicted octanol–water partition coefficient (Wildman–Crippen LogP) is 5.10. The van der Waals surface area contributed by atoms with Crippen molar-refractivity contribution in [1.29, 1.82) is 0 Å². The molecule has 8 heteroatoms. The number of alkyl halides is 4. The fourth-order valence-corrected chi connectivity index (χ4v) is 4.51. The summed E-state index contributed by atoms with van der Waals surface area (Å²) in [5, 5.41) is 2.60. The van der Waals surface area contributed by atoms with Gasteiger partial charge in [0.15, 0.2) is 5.78 Å². The Kier molecular flexibility index (Phi) is 5.77. The number of carbonyl (C=O) groups excluding carboxylic acids is 2. The standard InChI is InChI=1S/C20H24F4N2O2/c1-12(27)16-11-25-9-5-17(16)26-18(28)15-10-20(23,24)8-4-14(15)13-2-6-19(21,22)7-3-13/h5,9,11,13-15H,2-4,6-8,10H2,1H3,(H,25,26,28). The lowest BCUT2D eigenvalue weighted by molar-refractivity contribution is -0.136. The third kappa shape index (κ3) is 4.70. The molecule has 1 aromatic rings. The van der Waals surface area contributed by atoms with Crippen LogP contribution in [0.2, 0.25) is 0 Å². The summed E-state index contributed by atoms with van der Waals surface area (Å²) >= 11 is 0. The zero-order valence-corrected chi connectivity index (χ0v) is 15.7. The lowest BCUT2D eigenvalue weighted by atomic mass is 9.66. The van der Waals surface area contributed by atoms with Crippen LogP contribution in [0.15, 0.2) is 18.5 Å². The van der Waals surface area contributed by atoms with Crippen LogP contribution in [0.1, 0.15) is 62.2 Å². The molecule has 28 heavy (non-hydrogen) atoms. The molecule has 154 valence electrons. The van der Waals surface area contributed by atoms with Crippen molar-refractivity contribution >= 4 is 17.4 Å². The van der Waals surface area contributed by atoms with Crippen molar-refractivity contribution in [2.75, 3.05) is 5.32 Å². The Bertz CT molecular complexity index is 743. The van der Waals surface area contributed by atoms with E-state index < -0.39 is 30.1 Å². The molecule has 2 unspecified atom stereocenters. The van der Waals surface area contributed by atoms with E-state index in [9.17, 15) is 27.2 Å². The van der Waals surface area contributed by atoms with Crippen LogP contribution >= 0.6 is 0 Å². The molecule has 0 bridgehead atoms. The second-order valence-corrected chi connectivity index (χ2v) is 8.03. The van der Waals surface area contributed by atoms with Crippen LogP contribution in [0.4, 0.5) is 23.2 Å². The zero-order valence-electron chi connectivity index (χ0n) is 15.7. The monoisotopic (exact) mass is 400 g/mol. The molecule has 2 saturated carbocycles. The van der Waals surface area contributed by atoms with E-state index in [0.717, 1.165) is 0 Å². The number of amides is 1. The van der Waals surface area contributed by atoms with Crippen molar-refractivity contribution in [2.24, 2.45) is 17.8 Å². The maximum atomic E-state index is 14.1. The summed E-state index contributed by atoms with van der Waals surface area (Å²) in [6.07, 6.45) is 1.86. The molecular weight excluding hydrogens is 376 g/mol. The number of nitrogens with one attached hydrogen (secondary N) is 1. The summed E-state index contributed by atoms with van der Waals surface area (Å²) in [7, 11) is 0. The van der Waals surface area contributed by atoms with Gasteiger partial charge in [-0.05, 0) is 44.1 Å². The summed E-state index contributed by atoms with van der Waals surface area (Å²) < 4.78 is 55.1. The van der Waals surface area contributed by atoms with Crippen molar-refractivity contribution in [3.8, 4) is 0 Å².